The molecule has 2 unspecified atom stereocenters. The Morgan fingerprint density at radius 1 is 1.25 bits per heavy atom. The van der Waals surface area contributed by atoms with Gasteiger partial charge in [0, 0.05) is 19.7 Å². The molecule has 0 amide bonds. The van der Waals surface area contributed by atoms with E-state index in [1.54, 1.807) is 12.1 Å². The molecule has 1 aliphatic rings. The maximum atomic E-state index is 11.5. The monoisotopic (exact) mass is 331 g/mol. The third-order valence-corrected chi connectivity index (χ3v) is 4.29. The first-order valence-electron chi connectivity index (χ1n) is 8.20. The number of carbonyl (C=O) groups is 1. The van der Waals surface area contributed by atoms with E-state index >= 15 is 0 Å². The molecule has 0 radical (unpaired) electrons. The van der Waals surface area contributed by atoms with E-state index in [9.17, 15) is 9.90 Å². The number of hydrogen-bond donors (Lipinski definition) is 1. The summed E-state index contributed by atoms with van der Waals surface area (Å²) in [4.78, 5) is 16.2. The summed E-state index contributed by atoms with van der Waals surface area (Å²) in [6, 6.07) is 7.47. The van der Waals surface area contributed by atoms with Crippen molar-refractivity contribution in [3.63, 3.8) is 0 Å². The molecule has 2 rings (SSSR count). The maximum Gasteiger partial charge on any atom is 0.337 e. The first kappa shape index (κ1) is 18.4. The fraction of sp³-hybridized carbons (Fsp3) is 0.474. The van der Waals surface area contributed by atoms with E-state index in [1.165, 1.54) is 14.2 Å². The van der Waals surface area contributed by atoms with Crippen LogP contribution in [-0.4, -0.2) is 43.3 Å². The Kier molecular flexibility index (Phi) is 6.70. The zero-order chi connectivity index (χ0) is 17.4. The number of aliphatic hydroxyl groups is 1. The topological polar surface area (TPSA) is 68.1 Å². The lowest BCUT2D eigenvalue weighted by Gasteiger charge is -2.25. The van der Waals surface area contributed by atoms with Gasteiger partial charge in [-0.2, -0.15) is 0 Å². The standard InChI is InChI=1S/C19H25NO4/c1-23-17(21)6-3-4-11-19(12-5-13-20-19)14-15-7-9-16(10-8-15)18(22)24-2/h5,7-10,12-13,17,21H,3-4,6,11,14H2,1-2H3. The summed E-state index contributed by atoms with van der Waals surface area (Å²) in [6.45, 7) is 0. The fourth-order valence-electron chi connectivity index (χ4n) is 2.90. The number of aliphatic imine (C=N–C) groups is 1. The van der Waals surface area contributed by atoms with Gasteiger partial charge in [-0.1, -0.05) is 24.6 Å². The molecule has 0 saturated heterocycles. The van der Waals surface area contributed by atoms with Crippen LogP contribution in [0.4, 0.5) is 0 Å². The minimum absolute atomic E-state index is 0.231. The van der Waals surface area contributed by atoms with Crippen molar-refractivity contribution in [3.05, 3.63) is 47.5 Å². The zero-order valence-electron chi connectivity index (χ0n) is 14.3. The number of rotatable bonds is 9. The fourth-order valence-corrected chi connectivity index (χ4v) is 2.90. The minimum Gasteiger partial charge on any atom is -0.465 e. The van der Waals surface area contributed by atoms with Crippen LogP contribution in [0, 0.1) is 0 Å². The molecule has 0 saturated carbocycles. The van der Waals surface area contributed by atoms with Gasteiger partial charge >= 0.3 is 5.97 Å². The normalized spacial score (nSPS) is 20.3. The van der Waals surface area contributed by atoms with E-state index in [-0.39, 0.29) is 11.5 Å². The van der Waals surface area contributed by atoms with Crippen LogP contribution in [0.2, 0.25) is 0 Å². The Morgan fingerprint density at radius 3 is 2.58 bits per heavy atom. The summed E-state index contributed by atoms with van der Waals surface area (Å²) in [5, 5.41) is 9.44. The molecule has 0 aliphatic carbocycles. The SMILES string of the molecule is COC(=O)c1ccc(CC2(CCCCC(O)OC)C=CC=N2)cc1. The smallest absolute Gasteiger partial charge is 0.337 e. The number of esters is 1. The van der Waals surface area contributed by atoms with Crippen LogP contribution < -0.4 is 0 Å². The Labute approximate surface area is 143 Å². The van der Waals surface area contributed by atoms with E-state index in [2.05, 4.69) is 11.1 Å². The minimum atomic E-state index is -0.686. The van der Waals surface area contributed by atoms with Gasteiger partial charge in [0.1, 0.15) is 0 Å². The second-order valence-electron chi connectivity index (χ2n) is 6.04. The molecule has 1 N–H and O–H groups in total. The average molecular weight is 331 g/mol. The van der Waals surface area contributed by atoms with Crippen molar-refractivity contribution < 1.29 is 19.4 Å². The van der Waals surface area contributed by atoms with Crippen LogP contribution in [0.25, 0.3) is 0 Å². The quantitative estimate of drug-likeness (QED) is 0.429. The number of carbonyl (C=O) groups excluding carboxylic acids is 1. The van der Waals surface area contributed by atoms with Gasteiger partial charge in [0.15, 0.2) is 6.29 Å². The summed E-state index contributed by atoms with van der Waals surface area (Å²) >= 11 is 0. The molecule has 5 nitrogen and oxygen atoms in total. The summed E-state index contributed by atoms with van der Waals surface area (Å²) in [5.74, 6) is -0.327. The molecular weight excluding hydrogens is 306 g/mol. The number of unbranched alkanes of at least 4 members (excludes halogenated alkanes) is 1. The molecule has 0 spiro atoms. The van der Waals surface area contributed by atoms with Crippen molar-refractivity contribution in [2.45, 2.75) is 43.9 Å². The summed E-state index contributed by atoms with van der Waals surface area (Å²) in [5.41, 5.74) is 1.45. The molecule has 0 bridgehead atoms. The van der Waals surface area contributed by atoms with Crippen LogP contribution in [0.1, 0.15) is 41.6 Å². The molecule has 24 heavy (non-hydrogen) atoms. The highest BCUT2D eigenvalue weighted by Gasteiger charge is 2.27. The molecule has 1 aromatic rings. The van der Waals surface area contributed by atoms with Gasteiger partial charge < -0.3 is 14.6 Å². The Morgan fingerprint density at radius 2 is 2.00 bits per heavy atom. The van der Waals surface area contributed by atoms with E-state index in [1.807, 2.05) is 24.4 Å². The predicted octanol–water partition coefficient (Wildman–Crippen LogP) is 2.92. The lowest BCUT2D eigenvalue weighted by atomic mass is 9.86. The summed E-state index contributed by atoms with van der Waals surface area (Å²) < 4.78 is 9.58. The largest absolute Gasteiger partial charge is 0.465 e. The van der Waals surface area contributed by atoms with Crippen molar-refractivity contribution in [2.24, 2.45) is 4.99 Å². The predicted molar refractivity (Wildman–Crippen MR) is 93.3 cm³/mol. The Balaban J connectivity index is 1.94. The maximum absolute atomic E-state index is 11.5. The average Bonchev–Trinajstić information content (AvgIpc) is 3.07. The second-order valence-corrected chi connectivity index (χ2v) is 6.04. The molecule has 1 aliphatic heterocycles. The van der Waals surface area contributed by atoms with Crippen LogP contribution in [0.3, 0.4) is 0 Å². The number of hydrogen-bond acceptors (Lipinski definition) is 5. The van der Waals surface area contributed by atoms with Crippen molar-refractivity contribution in [2.75, 3.05) is 14.2 Å². The van der Waals surface area contributed by atoms with Gasteiger partial charge in [0.2, 0.25) is 0 Å². The molecular formula is C19H25NO4. The van der Waals surface area contributed by atoms with Gasteiger partial charge in [-0.05, 0) is 43.0 Å². The van der Waals surface area contributed by atoms with Gasteiger partial charge in [-0.25, -0.2) is 4.79 Å². The number of aliphatic hydroxyl groups excluding tert-OH is 1. The number of nitrogens with zero attached hydrogens (tertiary/aromatic N) is 1. The second kappa shape index (κ2) is 8.76. The molecule has 130 valence electrons. The molecule has 1 aromatic carbocycles. The van der Waals surface area contributed by atoms with Crippen molar-refractivity contribution in [1.82, 2.24) is 0 Å². The van der Waals surface area contributed by atoms with Crippen LogP contribution in [-0.2, 0) is 15.9 Å². The summed E-state index contributed by atoms with van der Waals surface area (Å²) in [6.07, 6.45) is 9.45. The van der Waals surface area contributed by atoms with E-state index in [0.717, 1.165) is 31.2 Å². The van der Waals surface area contributed by atoms with Crippen molar-refractivity contribution in [3.8, 4) is 0 Å². The van der Waals surface area contributed by atoms with Gasteiger partial charge in [-0.3, -0.25) is 4.99 Å². The number of allylic oxidation sites excluding steroid dienone is 1. The highest BCUT2D eigenvalue weighted by molar-refractivity contribution is 5.89. The van der Waals surface area contributed by atoms with Crippen LogP contribution >= 0.6 is 0 Å². The number of ether oxygens (including phenoxy) is 2. The van der Waals surface area contributed by atoms with Gasteiger partial charge in [0.05, 0.1) is 18.2 Å². The molecule has 0 fully saturated rings. The molecule has 1 heterocycles. The summed E-state index contributed by atoms with van der Waals surface area (Å²) in [7, 11) is 2.89. The van der Waals surface area contributed by atoms with E-state index < -0.39 is 6.29 Å². The number of methoxy groups -OCH3 is 2. The van der Waals surface area contributed by atoms with Crippen molar-refractivity contribution in [1.29, 1.82) is 0 Å². The number of benzene rings is 1. The van der Waals surface area contributed by atoms with Crippen molar-refractivity contribution >= 4 is 12.2 Å². The lowest BCUT2D eigenvalue weighted by molar-refractivity contribution is -0.0794. The Bertz CT molecular complexity index is 580. The highest BCUT2D eigenvalue weighted by Crippen LogP contribution is 2.29. The molecule has 0 aromatic heterocycles. The van der Waals surface area contributed by atoms with E-state index in [4.69, 9.17) is 9.47 Å². The highest BCUT2D eigenvalue weighted by atomic mass is 16.6. The molecule has 2 atom stereocenters. The third-order valence-electron chi connectivity index (χ3n) is 4.29. The van der Waals surface area contributed by atoms with Crippen LogP contribution in [0.5, 0.6) is 0 Å². The first-order valence-corrected chi connectivity index (χ1v) is 8.20. The van der Waals surface area contributed by atoms with Crippen LogP contribution in [0.15, 0.2) is 41.4 Å². The third kappa shape index (κ3) is 5.01. The Hall–Kier alpha value is -1.98. The molecule has 5 heteroatoms. The van der Waals surface area contributed by atoms with E-state index in [0.29, 0.717) is 12.0 Å². The van der Waals surface area contributed by atoms with Gasteiger partial charge in [-0.15, -0.1) is 0 Å². The van der Waals surface area contributed by atoms with Gasteiger partial charge in [0.25, 0.3) is 0 Å². The zero-order valence-corrected chi connectivity index (χ0v) is 14.3. The first-order chi connectivity index (χ1) is 11.6. The lowest BCUT2D eigenvalue weighted by Crippen LogP contribution is -2.25.